The van der Waals surface area contributed by atoms with Crippen LogP contribution in [0.25, 0.3) is 6.08 Å². The van der Waals surface area contributed by atoms with Gasteiger partial charge in [0.05, 0.1) is 23.0 Å². The molecule has 3 aromatic carbocycles. The van der Waals surface area contributed by atoms with Crippen molar-refractivity contribution in [2.75, 3.05) is 16.4 Å². The molecule has 0 radical (unpaired) electrons. The highest BCUT2D eigenvalue weighted by molar-refractivity contribution is 6.46. The van der Waals surface area contributed by atoms with E-state index in [1.54, 1.807) is 66.7 Å². The zero-order valence-electron chi connectivity index (χ0n) is 18.2. The number of ether oxygens (including phenoxy) is 1. The number of anilines is 2. The summed E-state index contributed by atoms with van der Waals surface area (Å²) < 4.78 is 5.78. The maximum Gasteiger partial charge on any atom is 0.343 e. The van der Waals surface area contributed by atoms with Gasteiger partial charge in [0.1, 0.15) is 11.3 Å². The molecule has 34 heavy (non-hydrogen) atoms. The predicted molar refractivity (Wildman–Crippen MR) is 133 cm³/mol. The van der Waals surface area contributed by atoms with E-state index in [0.29, 0.717) is 34.3 Å². The molecule has 4 rings (SSSR count). The predicted octanol–water partition coefficient (Wildman–Crippen LogP) is 6.37. The average molecular weight is 495 g/mol. The van der Waals surface area contributed by atoms with E-state index in [4.69, 9.17) is 27.9 Å². The fraction of sp³-hybridized carbons (Fsp3) is 0.115. The molecule has 0 atom stereocenters. The molecule has 0 aromatic heterocycles. The van der Waals surface area contributed by atoms with E-state index < -0.39 is 17.8 Å². The molecule has 8 heteroatoms. The number of carbonyl (C=O) groups is 3. The minimum absolute atomic E-state index is 0.230. The molecule has 4 amide bonds. The number of halogens is 2. The summed E-state index contributed by atoms with van der Waals surface area (Å²) in [5, 5.41) is 0.562. The van der Waals surface area contributed by atoms with E-state index in [1.807, 2.05) is 6.92 Å². The molecule has 1 aliphatic rings. The van der Waals surface area contributed by atoms with Crippen LogP contribution >= 0.6 is 23.2 Å². The standard InChI is InChI=1S/C26H20Cl2N2O4/c1-2-13-34-23-17(14-18(27)16-22(23)28)15-21-24(31)29(19-9-5-3-6-10-19)26(33)30(25(21)32)20-11-7-4-8-12-20/h3-12,14-16H,2,13H2,1H3. The van der Waals surface area contributed by atoms with Crippen LogP contribution in [0.3, 0.4) is 0 Å². The minimum Gasteiger partial charge on any atom is -0.491 e. The number of urea groups is 1. The summed E-state index contributed by atoms with van der Waals surface area (Å²) in [5.41, 5.74) is 0.803. The fourth-order valence-corrected chi connectivity index (χ4v) is 4.10. The molecule has 0 saturated carbocycles. The Morgan fingerprint density at radius 1 is 0.824 bits per heavy atom. The molecular formula is C26H20Cl2N2O4. The zero-order valence-corrected chi connectivity index (χ0v) is 19.7. The normalized spacial score (nSPS) is 14.0. The first kappa shape index (κ1) is 23.5. The van der Waals surface area contributed by atoms with Crippen molar-refractivity contribution in [3.63, 3.8) is 0 Å². The molecular weight excluding hydrogens is 475 g/mol. The summed E-state index contributed by atoms with van der Waals surface area (Å²) in [6.45, 7) is 2.32. The third-order valence-corrected chi connectivity index (χ3v) is 5.56. The molecule has 1 heterocycles. The Morgan fingerprint density at radius 2 is 1.35 bits per heavy atom. The molecule has 1 aliphatic heterocycles. The van der Waals surface area contributed by atoms with Crippen LogP contribution in [-0.2, 0) is 9.59 Å². The van der Waals surface area contributed by atoms with Gasteiger partial charge in [0.15, 0.2) is 0 Å². The number of amides is 4. The van der Waals surface area contributed by atoms with Crippen molar-refractivity contribution in [1.29, 1.82) is 0 Å². The third kappa shape index (κ3) is 4.55. The van der Waals surface area contributed by atoms with E-state index in [0.717, 1.165) is 16.2 Å². The van der Waals surface area contributed by atoms with E-state index in [-0.39, 0.29) is 10.6 Å². The van der Waals surface area contributed by atoms with E-state index in [1.165, 1.54) is 12.1 Å². The van der Waals surface area contributed by atoms with Crippen LogP contribution in [0, 0.1) is 0 Å². The van der Waals surface area contributed by atoms with Crippen molar-refractivity contribution in [3.8, 4) is 5.75 Å². The largest absolute Gasteiger partial charge is 0.491 e. The molecule has 3 aromatic rings. The highest BCUT2D eigenvalue weighted by Gasteiger charge is 2.43. The second kappa shape index (κ2) is 10.1. The van der Waals surface area contributed by atoms with E-state index in [2.05, 4.69) is 0 Å². The van der Waals surface area contributed by atoms with Gasteiger partial charge in [-0.25, -0.2) is 14.6 Å². The van der Waals surface area contributed by atoms with Crippen LogP contribution in [0.2, 0.25) is 10.0 Å². The lowest BCUT2D eigenvalue weighted by molar-refractivity contribution is -0.121. The number of carbonyl (C=O) groups excluding carboxylic acids is 3. The monoisotopic (exact) mass is 494 g/mol. The second-order valence-corrected chi connectivity index (χ2v) is 8.29. The molecule has 0 spiro atoms. The smallest absolute Gasteiger partial charge is 0.343 e. The molecule has 0 unspecified atom stereocenters. The number of benzene rings is 3. The topological polar surface area (TPSA) is 66.9 Å². The maximum atomic E-state index is 13.5. The number of para-hydroxylation sites is 2. The first-order valence-corrected chi connectivity index (χ1v) is 11.3. The van der Waals surface area contributed by atoms with Crippen molar-refractivity contribution in [3.05, 3.63) is 94.0 Å². The SMILES string of the molecule is CCCOc1c(Cl)cc(Cl)cc1C=C1C(=O)N(c2ccccc2)C(=O)N(c2ccccc2)C1=O. The first-order chi connectivity index (χ1) is 16.4. The van der Waals surface area contributed by atoms with Gasteiger partial charge < -0.3 is 4.74 Å². The van der Waals surface area contributed by atoms with E-state index >= 15 is 0 Å². The van der Waals surface area contributed by atoms with Crippen molar-refractivity contribution in [2.24, 2.45) is 0 Å². The Labute approximate surface area is 206 Å². The molecule has 1 saturated heterocycles. The summed E-state index contributed by atoms with van der Waals surface area (Å²) in [7, 11) is 0. The first-order valence-electron chi connectivity index (χ1n) is 10.6. The van der Waals surface area contributed by atoms with Crippen molar-refractivity contribution >= 4 is 58.5 Å². The zero-order chi connectivity index (χ0) is 24.2. The molecule has 0 N–H and O–H groups in total. The van der Waals surface area contributed by atoms with Crippen LogP contribution in [0.4, 0.5) is 16.2 Å². The number of imide groups is 2. The summed E-state index contributed by atoms with van der Waals surface area (Å²) in [5.74, 6) is -1.22. The molecule has 172 valence electrons. The van der Waals surface area contributed by atoms with Gasteiger partial charge in [0.2, 0.25) is 0 Å². The van der Waals surface area contributed by atoms with Gasteiger partial charge >= 0.3 is 6.03 Å². The highest BCUT2D eigenvalue weighted by Crippen LogP contribution is 2.36. The lowest BCUT2D eigenvalue weighted by atomic mass is 10.0. The Balaban J connectivity index is 1.89. The number of rotatable bonds is 6. The summed E-state index contributed by atoms with van der Waals surface area (Å²) in [6.07, 6.45) is 2.09. The van der Waals surface area contributed by atoms with Crippen LogP contribution in [0.5, 0.6) is 5.75 Å². The van der Waals surface area contributed by atoms with Gasteiger partial charge in [0, 0.05) is 10.6 Å². The molecule has 6 nitrogen and oxygen atoms in total. The number of nitrogens with zero attached hydrogens (tertiary/aromatic N) is 2. The van der Waals surface area contributed by atoms with Gasteiger partial charge in [-0.05, 0) is 48.9 Å². The Morgan fingerprint density at radius 3 is 1.85 bits per heavy atom. The van der Waals surface area contributed by atoms with Crippen LogP contribution < -0.4 is 14.5 Å². The number of hydrogen-bond acceptors (Lipinski definition) is 4. The molecule has 0 aliphatic carbocycles. The van der Waals surface area contributed by atoms with Gasteiger partial charge in [-0.15, -0.1) is 0 Å². The number of barbiturate groups is 1. The Kier molecular flexibility index (Phi) is 7.01. The Hall–Kier alpha value is -3.61. The van der Waals surface area contributed by atoms with E-state index in [9.17, 15) is 14.4 Å². The number of hydrogen-bond donors (Lipinski definition) is 0. The van der Waals surface area contributed by atoms with Crippen LogP contribution in [-0.4, -0.2) is 24.5 Å². The molecule has 1 fully saturated rings. The van der Waals surface area contributed by atoms with Crippen LogP contribution in [0.15, 0.2) is 78.4 Å². The van der Waals surface area contributed by atoms with Gasteiger partial charge in [-0.3, -0.25) is 9.59 Å². The second-order valence-electron chi connectivity index (χ2n) is 7.45. The lowest BCUT2D eigenvalue weighted by Crippen LogP contribution is -2.57. The summed E-state index contributed by atoms with van der Waals surface area (Å²) in [4.78, 5) is 42.3. The Bertz CT molecular complexity index is 1210. The highest BCUT2D eigenvalue weighted by atomic mass is 35.5. The quantitative estimate of drug-likeness (QED) is 0.295. The van der Waals surface area contributed by atoms with Crippen LogP contribution in [0.1, 0.15) is 18.9 Å². The summed E-state index contributed by atoms with van der Waals surface area (Å²) in [6, 6.07) is 19.2. The average Bonchev–Trinajstić information content (AvgIpc) is 2.82. The lowest BCUT2D eigenvalue weighted by Gasteiger charge is -2.34. The summed E-state index contributed by atoms with van der Waals surface area (Å²) >= 11 is 12.6. The minimum atomic E-state index is -0.767. The molecule has 0 bridgehead atoms. The van der Waals surface area contributed by atoms with Gasteiger partial charge in [-0.1, -0.05) is 66.5 Å². The van der Waals surface area contributed by atoms with Crippen molar-refractivity contribution < 1.29 is 19.1 Å². The van der Waals surface area contributed by atoms with Gasteiger partial charge in [0.25, 0.3) is 11.8 Å². The van der Waals surface area contributed by atoms with Crippen molar-refractivity contribution in [2.45, 2.75) is 13.3 Å². The van der Waals surface area contributed by atoms with Crippen molar-refractivity contribution in [1.82, 2.24) is 0 Å². The maximum absolute atomic E-state index is 13.5. The third-order valence-electron chi connectivity index (χ3n) is 5.07. The van der Waals surface area contributed by atoms with Gasteiger partial charge in [-0.2, -0.15) is 0 Å². The fourth-order valence-electron chi connectivity index (χ4n) is 3.54.